The second-order valence-corrected chi connectivity index (χ2v) is 4.32. The maximum atomic E-state index is 13.3. The van der Waals surface area contributed by atoms with Crippen molar-refractivity contribution in [3.8, 4) is 0 Å². The van der Waals surface area contributed by atoms with Crippen LogP contribution in [-0.2, 0) is 0 Å². The van der Waals surface area contributed by atoms with E-state index in [0.29, 0.717) is 0 Å². The summed E-state index contributed by atoms with van der Waals surface area (Å²) in [6, 6.07) is 0.715. The van der Waals surface area contributed by atoms with E-state index < -0.39 is 42.0 Å². The van der Waals surface area contributed by atoms with Gasteiger partial charge in [0, 0.05) is 11.7 Å². The highest BCUT2D eigenvalue weighted by Crippen LogP contribution is 2.21. The van der Waals surface area contributed by atoms with Gasteiger partial charge in [-0.05, 0) is 25.1 Å². The Kier molecular flexibility index (Phi) is 5.12. The number of anilines is 1. The molecule has 1 aromatic rings. The summed E-state index contributed by atoms with van der Waals surface area (Å²) < 4.78 is 49.6. The Labute approximate surface area is 117 Å². The van der Waals surface area contributed by atoms with Crippen LogP contribution in [0.15, 0.2) is 18.2 Å². The number of urea groups is 1. The Balaban J connectivity index is 2.63. The summed E-state index contributed by atoms with van der Waals surface area (Å²) in [4.78, 5) is 22.0. The van der Waals surface area contributed by atoms with Gasteiger partial charge in [0.25, 0.3) is 0 Å². The fourth-order valence-electron chi connectivity index (χ4n) is 1.56. The molecule has 1 aromatic carbocycles. The van der Waals surface area contributed by atoms with Crippen molar-refractivity contribution in [3.63, 3.8) is 0 Å². The van der Waals surface area contributed by atoms with Gasteiger partial charge in [-0.15, -0.1) is 0 Å². The SMILES string of the molecule is CC(CC(F)(F)F)NC(=O)Nc1ccc(C(=O)O)c(F)c1. The van der Waals surface area contributed by atoms with Gasteiger partial charge in [-0.2, -0.15) is 13.2 Å². The molecule has 0 radical (unpaired) electrons. The molecule has 1 atom stereocenters. The van der Waals surface area contributed by atoms with E-state index in [1.807, 2.05) is 5.32 Å². The number of rotatable bonds is 4. The Morgan fingerprint density at radius 1 is 1.33 bits per heavy atom. The zero-order valence-electron chi connectivity index (χ0n) is 10.8. The van der Waals surface area contributed by atoms with Crippen LogP contribution in [0.2, 0.25) is 0 Å². The molecule has 0 saturated heterocycles. The number of nitrogens with one attached hydrogen (secondary N) is 2. The monoisotopic (exact) mass is 308 g/mol. The zero-order valence-corrected chi connectivity index (χ0v) is 10.8. The molecule has 1 rings (SSSR count). The highest BCUT2D eigenvalue weighted by atomic mass is 19.4. The Morgan fingerprint density at radius 2 is 1.95 bits per heavy atom. The van der Waals surface area contributed by atoms with Crippen molar-refractivity contribution in [2.75, 3.05) is 5.32 Å². The molecule has 0 aromatic heterocycles. The summed E-state index contributed by atoms with van der Waals surface area (Å²) in [5, 5.41) is 12.8. The van der Waals surface area contributed by atoms with Gasteiger partial charge in [0.1, 0.15) is 5.82 Å². The summed E-state index contributed by atoms with van der Waals surface area (Å²) in [6.45, 7) is 1.17. The molecular formula is C12H12F4N2O3. The molecule has 0 heterocycles. The zero-order chi connectivity index (χ0) is 16.2. The number of hydrogen-bond acceptors (Lipinski definition) is 2. The van der Waals surface area contributed by atoms with Crippen LogP contribution < -0.4 is 10.6 Å². The molecule has 3 N–H and O–H groups in total. The maximum absolute atomic E-state index is 13.3. The topological polar surface area (TPSA) is 78.4 Å². The van der Waals surface area contributed by atoms with Crippen molar-refractivity contribution >= 4 is 17.7 Å². The first-order chi connectivity index (χ1) is 9.58. The molecular weight excluding hydrogens is 296 g/mol. The summed E-state index contributed by atoms with van der Waals surface area (Å²) >= 11 is 0. The van der Waals surface area contributed by atoms with Crippen molar-refractivity contribution in [2.45, 2.75) is 25.6 Å². The number of carbonyl (C=O) groups is 2. The lowest BCUT2D eigenvalue weighted by Crippen LogP contribution is -2.38. The van der Waals surface area contributed by atoms with Crippen LogP contribution in [0.1, 0.15) is 23.7 Å². The second-order valence-electron chi connectivity index (χ2n) is 4.32. The van der Waals surface area contributed by atoms with E-state index in [9.17, 15) is 27.2 Å². The quantitative estimate of drug-likeness (QED) is 0.748. The maximum Gasteiger partial charge on any atom is 0.391 e. The van der Waals surface area contributed by atoms with Crippen LogP contribution >= 0.6 is 0 Å². The Bertz CT molecular complexity index is 546. The lowest BCUT2D eigenvalue weighted by molar-refractivity contribution is -0.138. The molecule has 21 heavy (non-hydrogen) atoms. The molecule has 2 amide bonds. The number of alkyl halides is 3. The summed E-state index contributed by atoms with van der Waals surface area (Å²) in [5.74, 6) is -2.54. The van der Waals surface area contributed by atoms with E-state index in [-0.39, 0.29) is 5.69 Å². The minimum Gasteiger partial charge on any atom is -0.478 e. The second kappa shape index (κ2) is 6.42. The van der Waals surface area contributed by atoms with E-state index in [1.165, 1.54) is 6.92 Å². The molecule has 0 bridgehead atoms. The van der Waals surface area contributed by atoms with Gasteiger partial charge < -0.3 is 15.7 Å². The molecule has 0 saturated carbocycles. The summed E-state index contributed by atoms with van der Waals surface area (Å²) in [5.41, 5.74) is -0.652. The van der Waals surface area contributed by atoms with Gasteiger partial charge in [0.05, 0.1) is 12.0 Å². The molecule has 0 fully saturated rings. The van der Waals surface area contributed by atoms with Crippen molar-refractivity contribution in [1.29, 1.82) is 0 Å². The average Bonchev–Trinajstić information content (AvgIpc) is 2.24. The smallest absolute Gasteiger partial charge is 0.391 e. The fourth-order valence-corrected chi connectivity index (χ4v) is 1.56. The highest BCUT2D eigenvalue weighted by Gasteiger charge is 2.30. The van der Waals surface area contributed by atoms with E-state index in [1.54, 1.807) is 0 Å². The van der Waals surface area contributed by atoms with Gasteiger partial charge in [0.15, 0.2) is 0 Å². The van der Waals surface area contributed by atoms with Crippen molar-refractivity contribution < 1.29 is 32.3 Å². The van der Waals surface area contributed by atoms with E-state index in [4.69, 9.17) is 5.11 Å². The molecule has 0 aliphatic rings. The number of amides is 2. The Morgan fingerprint density at radius 3 is 2.43 bits per heavy atom. The van der Waals surface area contributed by atoms with Crippen molar-refractivity contribution in [2.24, 2.45) is 0 Å². The largest absolute Gasteiger partial charge is 0.478 e. The molecule has 0 aliphatic heterocycles. The molecule has 9 heteroatoms. The number of carboxylic acid groups (broad SMARTS) is 1. The average molecular weight is 308 g/mol. The molecule has 5 nitrogen and oxygen atoms in total. The molecule has 0 aliphatic carbocycles. The van der Waals surface area contributed by atoms with Crippen molar-refractivity contribution in [1.82, 2.24) is 5.32 Å². The fraction of sp³-hybridized carbons (Fsp3) is 0.333. The van der Waals surface area contributed by atoms with Gasteiger partial charge in [-0.3, -0.25) is 0 Å². The van der Waals surface area contributed by atoms with Crippen LogP contribution in [0.25, 0.3) is 0 Å². The van der Waals surface area contributed by atoms with Gasteiger partial charge in [0.2, 0.25) is 0 Å². The first-order valence-electron chi connectivity index (χ1n) is 5.75. The third-order valence-electron chi connectivity index (χ3n) is 2.37. The third-order valence-corrected chi connectivity index (χ3v) is 2.37. The van der Waals surface area contributed by atoms with Crippen molar-refractivity contribution in [3.05, 3.63) is 29.6 Å². The number of aromatic carboxylic acids is 1. The van der Waals surface area contributed by atoms with Gasteiger partial charge in [-0.25, -0.2) is 14.0 Å². The minimum atomic E-state index is -4.41. The van der Waals surface area contributed by atoms with Crippen LogP contribution in [0.5, 0.6) is 0 Å². The lowest BCUT2D eigenvalue weighted by atomic mass is 10.2. The predicted molar refractivity (Wildman–Crippen MR) is 65.6 cm³/mol. The minimum absolute atomic E-state index is 0.0748. The Hall–Kier alpha value is -2.32. The van der Waals surface area contributed by atoms with Crippen LogP contribution in [0.3, 0.4) is 0 Å². The van der Waals surface area contributed by atoms with Crippen LogP contribution in [-0.4, -0.2) is 29.3 Å². The molecule has 0 spiro atoms. The van der Waals surface area contributed by atoms with Crippen LogP contribution in [0.4, 0.5) is 28.0 Å². The number of carbonyl (C=O) groups excluding carboxylic acids is 1. The first kappa shape index (κ1) is 16.7. The van der Waals surface area contributed by atoms with Gasteiger partial charge in [-0.1, -0.05) is 0 Å². The highest BCUT2D eigenvalue weighted by molar-refractivity contribution is 5.91. The molecule has 116 valence electrons. The molecule has 1 unspecified atom stereocenters. The number of halogens is 4. The predicted octanol–water partition coefficient (Wildman–Crippen LogP) is 2.99. The van der Waals surface area contributed by atoms with E-state index in [0.717, 1.165) is 18.2 Å². The lowest BCUT2D eigenvalue weighted by Gasteiger charge is -2.16. The normalized spacial score (nSPS) is 12.6. The van der Waals surface area contributed by atoms with E-state index >= 15 is 0 Å². The number of benzene rings is 1. The third kappa shape index (κ3) is 5.67. The number of carboxylic acids is 1. The summed E-state index contributed by atoms with van der Waals surface area (Å²) in [6.07, 6.45) is -5.62. The van der Waals surface area contributed by atoms with Crippen LogP contribution in [0, 0.1) is 5.82 Å². The standard InChI is InChI=1S/C12H12F4N2O3/c1-6(5-12(14,15)16)17-11(21)18-7-2-3-8(10(19)20)9(13)4-7/h2-4,6H,5H2,1H3,(H,19,20)(H2,17,18,21). The summed E-state index contributed by atoms with van der Waals surface area (Å²) in [7, 11) is 0. The number of hydrogen-bond donors (Lipinski definition) is 3. The van der Waals surface area contributed by atoms with Gasteiger partial charge >= 0.3 is 18.2 Å². The van der Waals surface area contributed by atoms with E-state index in [2.05, 4.69) is 5.32 Å². The first-order valence-corrected chi connectivity index (χ1v) is 5.75.